The molecule has 2 N–H and O–H groups in total. The second kappa shape index (κ2) is 7.40. The first kappa shape index (κ1) is 13.2. The zero-order valence-corrected chi connectivity index (χ0v) is 9.73. The Kier molecular flexibility index (Phi) is 5.74. The van der Waals surface area contributed by atoms with Gasteiger partial charge in [-0.3, -0.25) is 9.59 Å². The van der Waals surface area contributed by atoms with Gasteiger partial charge in [0.15, 0.2) is 6.29 Å². The fourth-order valence-electron chi connectivity index (χ4n) is 1.23. The first-order valence-electron chi connectivity index (χ1n) is 5.37. The van der Waals surface area contributed by atoms with Gasteiger partial charge >= 0.3 is 0 Å². The van der Waals surface area contributed by atoms with Gasteiger partial charge < -0.3 is 15.4 Å². The van der Waals surface area contributed by atoms with E-state index in [9.17, 15) is 9.59 Å². The minimum Gasteiger partial charge on any atom is -0.486 e. The van der Waals surface area contributed by atoms with Crippen molar-refractivity contribution in [3.05, 3.63) is 24.3 Å². The van der Waals surface area contributed by atoms with E-state index in [1.807, 2.05) is 0 Å². The van der Waals surface area contributed by atoms with Crippen molar-refractivity contribution in [3.63, 3.8) is 0 Å². The summed E-state index contributed by atoms with van der Waals surface area (Å²) in [7, 11) is 1.80. The summed E-state index contributed by atoms with van der Waals surface area (Å²) in [5.74, 6) is 0.561. The number of nitrogens with one attached hydrogen (secondary N) is 2. The smallest absolute Gasteiger partial charge is 0.225 e. The summed E-state index contributed by atoms with van der Waals surface area (Å²) >= 11 is 0. The second-order valence-corrected chi connectivity index (χ2v) is 3.40. The van der Waals surface area contributed by atoms with Gasteiger partial charge in [0.2, 0.25) is 5.91 Å². The Morgan fingerprint density at radius 3 is 2.65 bits per heavy atom. The van der Waals surface area contributed by atoms with Gasteiger partial charge in [-0.1, -0.05) is 0 Å². The monoisotopic (exact) mass is 236 g/mol. The molecule has 0 aliphatic carbocycles. The number of rotatable bonds is 7. The first-order valence-corrected chi connectivity index (χ1v) is 5.37. The predicted molar refractivity (Wildman–Crippen MR) is 65.2 cm³/mol. The molecule has 0 aliphatic rings. The highest BCUT2D eigenvalue weighted by molar-refractivity contribution is 5.90. The number of carbonyl (C=O) groups is 2. The molecule has 0 unspecified atom stereocenters. The highest BCUT2D eigenvalue weighted by atomic mass is 16.5. The highest BCUT2D eigenvalue weighted by Gasteiger charge is 2.01. The Bertz CT molecular complexity index is 363. The van der Waals surface area contributed by atoms with Gasteiger partial charge in [-0.15, -0.1) is 0 Å². The molecule has 0 saturated carbocycles. The minimum atomic E-state index is -0.0408. The number of aldehydes is 1. The quantitative estimate of drug-likeness (QED) is 0.687. The normalized spacial score (nSPS) is 9.71. The van der Waals surface area contributed by atoms with E-state index in [0.29, 0.717) is 30.7 Å². The lowest BCUT2D eigenvalue weighted by Crippen LogP contribution is -2.18. The van der Waals surface area contributed by atoms with Crippen molar-refractivity contribution >= 4 is 17.9 Å². The number of ether oxygens (including phenoxy) is 1. The molecule has 1 aromatic rings. The van der Waals surface area contributed by atoms with Crippen LogP contribution in [0.2, 0.25) is 0 Å². The molecule has 0 atom stereocenters. The topological polar surface area (TPSA) is 67.4 Å². The van der Waals surface area contributed by atoms with Crippen LogP contribution in [0.4, 0.5) is 5.69 Å². The van der Waals surface area contributed by atoms with Crippen LogP contribution in [0.25, 0.3) is 0 Å². The Morgan fingerprint density at radius 1 is 1.35 bits per heavy atom. The van der Waals surface area contributed by atoms with E-state index in [1.54, 1.807) is 31.3 Å². The van der Waals surface area contributed by atoms with Crippen molar-refractivity contribution in [1.82, 2.24) is 5.32 Å². The Balaban J connectivity index is 2.44. The molecular weight excluding hydrogens is 220 g/mol. The third kappa shape index (κ3) is 5.12. The molecule has 1 aromatic carbocycles. The summed E-state index contributed by atoms with van der Waals surface area (Å²) in [6.45, 7) is 0.681. The van der Waals surface area contributed by atoms with Crippen LogP contribution in [0.5, 0.6) is 5.75 Å². The standard InChI is InChI=1S/C12H16N2O3/c1-13-7-6-12(16)14-10-2-4-11(5-3-10)17-9-8-15/h2-5,8,13H,6-7,9H2,1H3,(H,14,16). The first-order chi connectivity index (χ1) is 8.26. The van der Waals surface area contributed by atoms with E-state index < -0.39 is 0 Å². The predicted octanol–water partition coefficient (Wildman–Crippen LogP) is 0.812. The lowest BCUT2D eigenvalue weighted by Gasteiger charge is -2.06. The molecule has 1 amide bonds. The van der Waals surface area contributed by atoms with Gasteiger partial charge in [0.25, 0.3) is 0 Å². The van der Waals surface area contributed by atoms with Crippen LogP contribution in [0, 0.1) is 0 Å². The molecule has 0 heterocycles. The third-order valence-electron chi connectivity index (χ3n) is 2.06. The Labute approximate surface area is 100 Å². The summed E-state index contributed by atoms with van der Waals surface area (Å²) in [6.07, 6.45) is 1.12. The third-order valence-corrected chi connectivity index (χ3v) is 2.06. The van der Waals surface area contributed by atoms with Crippen molar-refractivity contribution < 1.29 is 14.3 Å². The minimum absolute atomic E-state index is 0.0356. The van der Waals surface area contributed by atoms with Crippen molar-refractivity contribution in [1.29, 1.82) is 0 Å². The average molecular weight is 236 g/mol. The van der Waals surface area contributed by atoms with Gasteiger partial charge in [0.05, 0.1) is 0 Å². The van der Waals surface area contributed by atoms with Crippen LogP contribution < -0.4 is 15.4 Å². The highest BCUT2D eigenvalue weighted by Crippen LogP contribution is 2.15. The van der Waals surface area contributed by atoms with Gasteiger partial charge in [-0.2, -0.15) is 0 Å². The SMILES string of the molecule is CNCCC(=O)Nc1ccc(OCC=O)cc1. The maximum atomic E-state index is 11.4. The Hall–Kier alpha value is -1.88. The molecule has 92 valence electrons. The van der Waals surface area contributed by atoms with Crippen molar-refractivity contribution in [3.8, 4) is 5.75 Å². The molecule has 0 fully saturated rings. The number of hydrogen-bond acceptors (Lipinski definition) is 4. The van der Waals surface area contributed by atoms with Crippen molar-refractivity contribution in [2.24, 2.45) is 0 Å². The fraction of sp³-hybridized carbons (Fsp3) is 0.333. The molecule has 17 heavy (non-hydrogen) atoms. The molecule has 0 spiro atoms. The van der Waals surface area contributed by atoms with Crippen LogP contribution in [-0.4, -0.2) is 32.4 Å². The number of amides is 1. The van der Waals surface area contributed by atoms with Crippen LogP contribution >= 0.6 is 0 Å². The van der Waals surface area contributed by atoms with Crippen LogP contribution in [0.3, 0.4) is 0 Å². The summed E-state index contributed by atoms with van der Waals surface area (Å²) in [5.41, 5.74) is 0.713. The fourth-order valence-corrected chi connectivity index (χ4v) is 1.23. The molecule has 1 rings (SSSR count). The van der Waals surface area contributed by atoms with Crippen molar-refractivity contribution in [2.45, 2.75) is 6.42 Å². The number of benzene rings is 1. The largest absolute Gasteiger partial charge is 0.486 e. The zero-order chi connectivity index (χ0) is 12.5. The summed E-state index contributed by atoms with van der Waals surface area (Å²) in [6, 6.07) is 6.88. The van der Waals surface area contributed by atoms with Crippen LogP contribution in [0.1, 0.15) is 6.42 Å². The molecular formula is C12H16N2O3. The van der Waals surface area contributed by atoms with Crippen LogP contribution in [-0.2, 0) is 9.59 Å². The lowest BCUT2D eigenvalue weighted by molar-refractivity contribution is -0.116. The lowest BCUT2D eigenvalue weighted by atomic mass is 10.3. The molecule has 5 nitrogen and oxygen atoms in total. The molecule has 0 aliphatic heterocycles. The summed E-state index contributed by atoms with van der Waals surface area (Å²) < 4.78 is 5.09. The number of anilines is 1. The summed E-state index contributed by atoms with van der Waals surface area (Å²) in [5, 5.41) is 5.66. The second-order valence-electron chi connectivity index (χ2n) is 3.40. The van der Waals surface area contributed by atoms with Gasteiger partial charge in [0, 0.05) is 18.7 Å². The molecule has 5 heteroatoms. The van der Waals surface area contributed by atoms with Crippen molar-refractivity contribution in [2.75, 3.05) is 25.5 Å². The maximum Gasteiger partial charge on any atom is 0.225 e. The van der Waals surface area contributed by atoms with Gasteiger partial charge in [0.1, 0.15) is 12.4 Å². The zero-order valence-electron chi connectivity index (χ0n) is 9.73. The average Bonchev–Trinajstić information content (AvgIpc) is 2.35. The summed E-state index contributed by atoms with van der Waals surface area (Å²) in [4.78, 5) is 21.5. The van der Waals surface area contributed by atoms with E-state index >= 15 is 0 Å². The van der Waals surface area contributed by atoms with Gasteiger partial charge in [-0.25, -0.2) is 0 Å². The van der Waals surface area contributed by atoms with E-state index in [0.717, 1.165) is 0 Å². The molecule has 0 aromatic heterocycles. The Morgan fingerprint density at radius 2 is 2.06 bits per heavy atom. The van der Waals surface area contributed by atoms with Crippen LogP contribution in [0.15, 0.2) is 24.3 Å². The van der Waals surface area contributed by atoms with E-state index in [-0.39, 0.29) is 12.5 Å². The number of hydrogen-bond donors (Lipinski definition) is 2. The maximum absolute atomic E-state index is 11.4. The molecule has 0 bridgehead atoms. The van der Waals surface area contributed by atoms with E-state index in [4.69, 9.17) is 4.74 Å². The molecule has 0 radical (unpaired) electrons. The molecule has 0 saturated heterocycles. The van der Waals surface area contributed by atoms with Gasteiger partial charge in [-0.05, 0) is 31.3 Å². The number of carbonyl (C=O) groups excluding carboxylic acids is 2. The van der Waals surface area contributed by atoms with E-state index in [2.05, 4.69) is 10.6 Å². The van der Waals surface area contributed by atoms with E-state index in [1.165, 1.54) is 0 Å².